The molecule has 0 aliphatic heterocycles. The van der Waals surface area contributed by atoms with E-state index in [9.17, 15) is 14.5 Å². The number of nitriles is 1. The molecule has 2 aromatic carbocycles. The highest BCUT2D eigenvalue weighted by molar-refractivity contribution is 9.10. The molecular weight excluding hydrogens is 341 g/mol. The van der Waals surface area contributed by atoms with Gasteiger partial charge in [0.1, 0.15) is 10.3 Å². The Morgan fingerprint density at radius 1 is 1.38 bits per heavy atom. The van der Waals surface area contributed by atoms with E-state index >= 15 is 0 Å². The largest absolute Gasteiger partial charge is 0.379 e. The van der Waals surface area contributed by atoms with Crippen LogP contribution in [0.1, 0.15) is 11.1 Å². The van der Waals surface area contributed by atoms with E-state index < -0.39 is 10.7 Å². The third-order valence-corrected chi connectivity index (χ3v) is 3.74. The van der Waals surface area contributed by atoms with Gasteiger partial charge in [0, 0.05) is 12.6 Å². The van der Waals surface area contributed by atoms with Gasteiger partial charge in [-0.1, -0.05) is 12.1 Å². The fourth-order valence-corrected chi connectivity index (χ4v) is 2.31. The van der Waals surface area contributed by atoms with Crippen LogP contribution in [0.2, 0.25) is 0 Å². The van der Waals surface area contributed by atoms with Crippen molar-refractivity contribution >= 4 is 27.3 Å². The highest BCUT2D eigenvalue weighted by Gasteiger charge is 2.14. The minimum Gasteiger partial charge on any atom is -0.379 e. The van der Waals surface area contributed by atoms with Gasteiger partial charge in [-0.2, -0.15) is 5.26 Å². The number of nitro groups is 1. The Morgan fingerprint density at radius 2 is 2.14 bits per heavy atom. The molecular formula is C14H9BrFN3O2. The Labute approximate surface area is 128 Å². The molecule has 2 aromatic rings. The van der Waals surface area contributed by atoms with E-state index in [1.807, 2.05) is 6.07 Å². The average molecular weight is 350 g/mol. The summed E-state index contributed by atoms with van der Waals surface area (Å²) < 4.78 is 14.1. The Balaban J connectivity index is 2.19. The molecule has 0 atom stereocenters. The molecule has 2 rings (SSSR count). The standard InChI is InChI=1S/C14H9BrFN3O2/c15-14-10(2-1-3-13(14)19(20)21)8-18-12-5-4-9(7-17)6-11(12)16/h1-6,18H,8H2. The summed E-state index contributed by atoms with van der Waals surface area (Å²) in [7, 11) is 0. The van der Waals surface area contributed by atoms with Crippen molar-refractivity contribution in [3.05, 3.63) is 67.9 Å². The topological polar surface area (TPSA) is 79.0 Å². The molecule has 0 bridgehead atoms. The number of halogens is 2. The van der Waals surface area contributed by atoms with Crippen molar-refractivity contribution in [2.45, 2.75) is 6.54 Å². The summed E-state index contributed by atoms with van der Waals surface area (Å²) in [6, 6.07) is 10.6. The van der Waals surface area contributed by atoms with Crippen molar-refractivity contribution in [3.63, 3.8) is 0 Å². The summed E-state index contributed by atoms with van der Waals surface area (Å²) in [6.07, 6.45) is 0. The molecule has 0 aliphatic rings. The van der Waals surface area contributed by atoms with Gasteiger partial charge in [-0.3, -0.25) is 10.1 Å². The SMILES string of the molecule is N#Cc1ccc(NCc2cccc([N+](=O)[O-])c2Br)c(F)c1. The molecule has 0 amide bonds. The maximum atomic E-state index is 13.7. The minimum atomic E-state index is -0.546. The summed E-state index contributed by atoms with van der Waals surface area (Å²) >= 11 is 3.18. The van der Waals surface area contributed by atoms with Crippen LogP contribution in [0.15, 0.2) is 40.9 Å². The zero-order valence-electron chi connectivity index (χ0n) is 10.6. The highest BCUT2D eigenvalue weighted by atomic mass is 79.9. The van der Waals surface area contributed by atoms with Crippen LogP contribution >= 0.6 is 15.9 Å². The van der Waals surface area contributed by atoms with Crippen LogP contribution in [0.3, 0.4) is 0 Å². The number of benzene rings is 2. The highest BCUT2D eigenvalue weighted by Crippen LogP contribution is 2.29. The van der Waals surface area contributed by atoms with Crippen molar-refractivity contribution in [1.29, 1.82) is 5.26 Å². The Kier molecular flexibility index (Phi) is 4.50. The molecule has 0 saturated heterocycles. The molecule has 1 N–H and O–H groups in total. The van der Waals surface area contributed by atoms with Gasteiger partial charge in [-0.15, -0.1) is 0 Å². The maximum absolute atomic E-state index is 13.7. The van der Waals surface area contributed by atoms with Crippen LogP contribution in [-0.2, 0) is 6.54 Å². The Morgan fingerprint density at radius 3 is 2.76 bits per heavy atom. The summed E-state index contributed by atoms with van der Waals surface area (Å²) in [4.78, 5) is 10.3. The normalized spacial score (nSPS) is 9.95. The minimum absolute atomic E-state index is 0.0467. The van der Waals surface area contributed by atoms with Gasteiger partial charge in [0.25, 0.3) is 5.69 Å². The van der Waals surface area contributed by atoms with Crippen molar-refractivity contribution in [2.24, 2.45) is 0 Å². The van der Waals surface area contributed by atoms with Crippen LogP contribution in [0.25, 0.3) is 0 Å². The molecule has 0 unspecified atom stereocenters. The molecule has 0 aromatic heterocycles. The zero-order chi connectivity index (χ0) is 15.4. The van der Waals surface area contributed by atoms with Gasteiger partial charge in [-0.05, 0) is 39.7 Å². The number of anilines is 1. The lowest BCUT2D eigenvalue weighted by molar-refractivity contribution is -0.385. The van der Waals surface area contributed by atoms with E-state index in [4.69, 9.17) is 5.26 Å². The van der Waals surface area contributed by atoms with Crippen molar-refractivity contribution in [3.8, 4) is 6.07 Å². The fraction of sp³-hybridized carbons (Fsp3) is 0.0714. The van der Waals surface area contributed by atoms with Gasteiger partial charge >= 0.3 is 0 Å². The van der Waals surface area contributed by atoms with Gasteiger partial charge in [0.15, 0.2) is 0 Å². The number of hydrogen-bond acceptors (Lipinski definition) is 4. The Hall–Kier alpha value is -2.46. The van der Waals surface area contributed by atoms with Crippen LogP contribution in [-0.4, -0.2) is 4.92 Å². The van der Waals surface area contributed by atoms with Crippen LogP contribution in [0.4, 0.5) is 15.8 Å². The average Bonchev–Trinajstić information content (AvgIpc) is 2.46. The first-order valence-corrected chi connectivity index (χ1v) is 6.67. The summed E-state index contributed by atoms with van der Waals surface area (Å²) in [6.45, 7) is 0.213. The fourth-order valence-electron chi connectivity index (χ4n) is 1.76. The molecule has 0 saturated carbocycles. The Bertz CT molecular complexity index is 743. The smallest absolute Gasteiger partial charge is 0.283 e. The van der Waals surface area contributed by atoms with Crippen LogP contribution in [0.5, 0.6) is 0 Å². The molecule has 21 heavy (non-hydrogen) atoms. The number of rotatable bonds is 4. The van der Waals surface area contributed by atoms with Crippen molar-refractivity contribution in [1.82, 2.24) is 0 Å². The van der Waals surface area contributed by atoms with E-state index in [0.29, 0.717) is 10.0 Å². The number of nitro benzene ring substituents is 1. The van der Waals surface area contributed by atoms with Crippen LogP contribution < -0.4 is 5.32 Å². The van der Waals surface area contributed by atoms with E-state index in [1.165, 1.54) is 18.2 Å². The monoisotopic (exact) mass is 349 g/mol. The predicted octanol–water partition coefficient (Wildman–Crippen LogP) is 3.98. The second kappa shape index (κ2) is 6.33. The van der Waals surface area contributed by atoms with E-state index in [1.54, 1.807) is 12.1 Å². The number of hydrogen-bond donors (Lipinski definition) is 1. The summed E-state index contributed by atoms with van der Waals surface area (Å²) in [5.74, 6) is -0.546. The molecule has 106 valence electrons. The lowest BCUT2D eigenvalue weighted by Gasteiger charge is -2.09. The summed E-state index contributed by atoms with van der Waals surface area (Å²) in [5.41, 5.74) is 1.05. The van der Waals surface area contributed by atoms with Crippen LogP contribution in [0, 0.1) is 27.3 Å². The molecule has 0 radical (unpaired) electrons. The zero-order valence-corrected chi connectivity index (χ0v) is 12.2. The van der Waals surface area contributed by atoms with E-state index in [-0.39, 0.29) is 23.5 Å². The van der Waals surface area contributed by atoms with Gasteiger partial charge in [0.05, 0.1) is 22.2 Å². The van der Waals surface area contributed by atoms with Crippen molar-refractivity contribution in [2.75, 3.05) is 5.32 Å². The first-order valence-electron chi connectivity index (χ1n) is 5.88. The summed E-state index contributed by atoms with van der Waals surface area (Å²) in [5, 5.41) is 22.4. The molecule has 0 fully saturated rings. The maximum Gasteiger partial charge on any atom is 0.283 e. The molecule has 5 nitrogen and oxygen atoms in total. The first kappa shape index (κ1) is 14.9. The quantitative estimate of drug-likeness (QED) is 0.668. The lowest BCUT2D eigenvalue weighted by Crippen LogP contribution is -2.03. The molecule has 0 aliphatic carbocycles. The lowest BCUT2D eigenvalue weighted by atomic mass is 10.2. The first-order chi connectivity index (χ1) is 10.0. The van der Waals surface area contributed by atoms with Gasteiger partial charge < -0.3 is 5.32 Å². The van der Waals surface area contributed by atoms with Gasteiger partial charge in [0.2, 0.25) is 0 Å². The second-order valence-electron chi connectivity index (χ2n) is 4.17. The molecule has 0 spiro atoms. The molecule has 0 heterocycles. The molecule has 7 heteroatoms. The number of nitrogens with one attached hydrogen (secondary N) is 1. The third kappa shape index (κ3) is 3.35. The second-order valence-corrected chi connectivity index (χ2v) is 4.96. The third-order valence-electron chi connectivity index (χ3n) is 2.82. The van der Waals surface area contributed by atoms with Crippen molar-refractivity contribution < 1.29 is 9.31 Å². The predicted molar refractivity (Wildman–Crippen MR) is 79.2 cm³/mol. The number of nitrogens with zero attached hydrogens (tertiary/aromatic N) is 2. The van der Waals surface area contributed by atoms with E-state index in [2.05, 4.69) is 21.2 Å². The van der Waals surface area contributed by atoms with Gasteiger partial charge in [-0.25, -0.2) is 4.39 Å². The van der Waals surface area contributed by atoms with E-state index in [0.717, 1.165) is 6.07 Å².